The predicted octanol–water partition coefficient (Wildman–Crippen LogP) is 0.509. The average molecular weight is 222 g/mol. The molecule has 4 heteroatoms. The molecule has 88 valence electrons. The molecule has 2 aliphatic carbocycles. The van der Waals surface area contributed by atoms with E-state index < -0.39 is 0 Å². The lowest BCUT2D eigenvalue weighted by Crippen LogP contribution is -2.54. The van der Waals surface area contributed by atoms with Gasteiger partial charge in [0.2, 0.25) is 11.8 Å². The Morgan fingerprint density at radius 3 is 2.12 bits per heavy atom. The third-order valence-electron chi connectivity index (χ3n) is 4.35. The number of carbonyl (C=O) groups excluding carboxylic acids is 2. The standard InChI is InChI=1S/C12H18N2O2/c13-6-10(7-1-2-7)14-11(15)8-3-4-9(5-8)12(14)16/h7-10H,1-6,13H2. The minimum Gasteiger partial charge on any atom is -0.328 e. The molecule has 3 unspecified atom stereocenters. The maximum Gasteiger partial charge on any atom is 0.232 e. The third kappa shape index (κ3) is 1.39. The van der Waals surface area contributed by atoms with E-state index in [9.17, 15) is 9.59 Å². The summed E-state index contributed by atoms with van der Waals surface area (Å²) in [5.41, 5.74) is 5.73. The Labute approximate surface area is 95.2 Å². The fourth-order valence-electron chi connectivity index (χ4n) is 3.25. The molecule has 0 aromatic heterocycles. The molecule has 0 aromatic rings. The Morgan fingerprint density at radius 2 is 1.69 bits per heavy atom. The molecule has 3 rings (SSSR count). The number of hydrogen-bond donors (Lipinski definition) is 1. The fraction of sp³-hybridized carbons (Fsp3) is 0.833. The number of fused-ring (bicyclic) bond motifs is 2. The van der Waals surface area contributed by atoms with Crippen LogP contribution in [0.3, 0.4) is 0 Å². The van der Waals surface area contributed by atoms with Gasteiger partial charge in [0.15, 0.2) is 0 Å². The monoisotopic (exact) mass is 222 g/mol. The Morgan fingerprint density at radius 1 is 1.12 bits per heavy atom. The van der Waals surface area contributed by atoms with Crippen LogP contribution in [0.25, 0.3) is 0 Å². The highest BCUT2D eigenvalue weighted by Crippen LogP contribution is 2.42. The van der Waals surface area contributed by atoms with Crippen molar-refractivity contribution in [1.82, 2.24) is 4.90 Å². The van der Waals surface area contributed by atoms with E-state index in [1.807, 2.05) is 0 Å². The van der Waals surface area contributed by atoms with Crippen LogP contribution < -0.4 is 5.73 Å². The van der Waals surface area contributed by atoms with E-state index in [4.69, 9.17) is 5.73 Å². The second kappa shape index (κ2) is 3.55. The fourth-order valence-corrected chi connectivity index (χ4v) is 3.25. The lowest BCUT2D eigenvalue weighted by atomic mass is 9.94. The number of carbonyl (C=O) groups is 2. The lowest BCUT2D eigenvalue weighted by Gasteiger charge is -2.35. The molecule has 3 fully saturated rings. The molecule has 3 atom stereocenters. The second-order valence-electron chi connectivity index (χ2n) is 5.39. The van der Waals surface area contributed by atoms with Crippen LogP contribution >= 0.6 is 0 Å². The largest absolute Gasteiger partial charge is 0.328 e. The van der Waals surface area contributed by atoms with Crippen molar-refractivity contribution in [2.24, 2.45) is 23.5 Å². The highest BCUT2D eigenvalue weighted by molar-refractivity contribution is 6.01. The SMILES string of the molecule is NCC(C1CC1)N1C(=O)C2CCC(C2)C1=O. The zero-order valence-electron chi connectivity index (χ0n) is 9.39. The molecule has 3 aliphatic rings. The Bertz CT molecular complexity index is 316. The molecule has 1 saturated heterocycles. The van der Waals surface area contributed by atoms with Crippen LogP contribution in [0.15, 0.2) is 0 Å². The van der Waals surface area contributed by atoms with Crippen LogP contribution in [-0.2, 0) is 9.59 Å². The van der Waals surface area contributed by atoms with Crippen molar-refractivity contribution in [3.63, 3.8) is 0 Å². The van der Waals surface area contributed by atoms with Crippen molar-refractivity contribution in [3.05, 3.63) is 0 Å². The second-order valence-corrected chi connectivity index (χ2v) is 5.39. The van der Waals surface area contributed by atoms with E-state index in [0.29, 0.717) is 12.5 Å². The van der Waals surface area contributed by atoms with Crippen LogP contribution in [-0.4, -0.2) is 29.3 Å². The summed E-state index contributed by atoms with van der Waals surface area (Å²) in [6.45, 7) is 0.432. The number of nitrogens with zero attached hydrogens (tertiary/aromatic N) is 1. The van der Waals surface area contributed by atoms with Gasteiger partial charge in [0.05, 0.1) is 6.04 Å². The first-order valence-electron chi connectivity index (χ1n) is 6.29. The van der Waals surface area contributed by atoms with Crippen LogP contribution in [0.1, 0.15) is 32.1 Å². The van der Waals surface area contributed by atoms with Crippen molar-refractivity contribution in [2.75, 3.05) is 6.54 Å². The van der Waals surface area contributed by atoms with Crippen LogP contribution in [0.4, 0.5) is 0 Å². The minimum absolute atomic E-state index is 0.0107. The van der Waals surface area contributed by atoms with Gasteiger partial charge in [0.1, 0.15) is 0 Å². The number of amides is 2. The summed E-state index contributed by atoms with van der Waals surface area (Å²) in [5.74, 6) is 0.809. The van der Waals surface area contributed by atoms with Crippen molar-refractivity contribution < 1.29 is 9.59 Å². The Balaban J connectivity index is 1.86. The molecule has 1 aliphatic heterocycles. The van der Waals surface area contributed by atoms with E-state index in [0.717, 1.165) is 32.1 Å². The smallest absolute Gasteiger partial charge is 0.232 e. The first kappa shape index (κ1) is 10.3. The number of rotatable bonds is 3. The van der Waals surface area contributed by atoms with Crippen LogP contribution in [0, 0.1) is 17.8 Å². The predicted molar refractivity (Wildman–Crippen MR) is 58.3 cm³/mol. The third-order valence-corrected chi connectivity index (χ3v) is 4.35. The molecular weight excluding hydrogens is 204 g/mol. The Kier molecular flexibility index (Phi) is 2.28. The summed E-state index contributed by atoms with van der Waals surface area (Å²) in [7, 11) is 0. The van der Waals surface area contributed by atoms with E-state index >= 15 is 0 Å². The average Bonchev–Trinajstić information content (AvgIpc) is 3.00. The summed E-state index contributed by atoms with van der Waals surface area (Å²) < 4.78 is 0. The van der Waals surface area contributed by atoms with Gasteiger partial charge in [-0.25, -0.2) is 0 Å². The molecular formula is C12H18N2O2. The minimum atomic E-state index is -0.0107. The molecule has 2 bridgehead atoms. The van der Waals surface area contributed by atoms with Crippen molar-refractivity contribution in [2.45, 2.75) is 38.1 Å². The molecule has 16 heavy (non-hydrogen) atoms. The van der Waals surface area contributed by atoms with E-state index in [2.05, 4.69) is 0 Å². The van der Waals surface area contributed by atoms with Crippen LogP contribution in [0.5, 0.6) is 0 Å². The van der Waals surface area contributed by atoms with Gasteiger partial charge in [-0.15, -0.1) is 0 Å². The molecule has 2 N–H and O–H groups in total. The van der Waals surface area contributed by atoms with E-state index in [1.165, 1.54) is 4.90 Å². The first-order chi connectivity index (χ1) is 7.72. The van der Waals surface area contributed by atoms with Gasteiger partial charge >= 0.3 is 0 Å². The van der Waals surface area contributed by atoms with Gasteiger partial charge in [0.25, 0.3) is 0 Å². The van der Waals surface area contributed by atoms with Crippen molar-refractivity contribution in [3.8, 4) is 0 Å². The van der Waals surface area contributed by atoms with Gasteiger partial charge in [-0.05, 0) is 38.0 Å². The summed E-state index contributed by atoms with van der Waals surface area (Å²) in [4.78, 5) is 25.9. The molecule has 2 amide bonds. The molecule has 2 saturated carbocycles. The van der Waals surface area contributed by atoms with Crippen molar-refractivity contribution >= 4 is 11.8 Å². The Hall–Kier alpha value is -0.900. The highest BCUT2D eigenvalue weighted by Gasteiger charge is 2.50. The van der Waals surface area contributed by atoms with Gasteiger partial charge in [-0.3, -0.25) is 14.5 Å². The van der Waals surface area contributed by atoms with Crippen LogP contribution in [0.2, 0.25) is 0 Å². The zero-order valence-corrected chi connectivity index (χ0v) is 9.39. The quantitative estimate of drug-likeness (QED) is 0.708. The molecule has 4 nitrogen and oxygen atoms in total. The van der Waals surface area contributed by atoms with Gasteiger partial charge in [-0.1, -0.05) is 0 Å². The number of likely N-dealkylation sites (tertiary alicyclic amines) is 1. The molecule has 0 aromatic carbocycles. The van der Waals surface area contributed by atoms with E-state index in [1.54, 1.807) is 0 Å². The number of piperidine rings is 1. The molecule has 0 radical (unpaired) electrons. The molecule has 1 heterocycles. The molecule has 0 spiro atoms. The highest BCUT2D eigenvalue weighted by atomic mass is 16.2. The lowest BCUT2D eigenvalue weighted by molar-refractivity contribution is -0.156. The number of imide groups is 1. The van der Waals surface area contributed by atoms with Crippen molar-refractivity contribution in [1.29, 1.82) is 0 Å². The topological polar surface area (TPSA) is 63.4 Å². The zero-order chi connectivity index (χ0) is 11.3. The first-order valence-corrected chi connectivity index (χ1v) is 6.29. The maximum absolute atomic E-state index is 12.2. The summed E-state index contributed by atoms with van der Waals surface area (Å²) in [5, 5.41) is 0. The number of nitrogens with two attached hydrogens (primary N) is 1. The van der Waals surface area contributed by atoms with Gasteiger partial charge in [0, 0.05) is 18.4 Å². The normalized spacial score (nSPS) is 35.7. The van der Waals surface area contributed by atoms with Gasteiger partial charge < -0.3 is 5.73 Å². The summed E-state index contributed by atoms with van der Waals surface area (Å²) in [6, 6.07) is -0.0107. The van der Waals surface area contributed by atoms with Gasteiger partial charge in [-0.2, -0.15) is 0 Å². The number of hydrogen-bond acceptors (Lipinski definition) is 3. The summed E-state index contributed by atoms with van der Waals surface area (Å²) in [6.07, 6.45) is 4.82. The van der Waals surface area contributed by atoms with E-state index in [-0.39, 0.29) is 29.7 Å². The maximum atomic E-state index is 12.2. The summed E-state index contributed by atoms with van der Waals surface area (Å²) >= 11 is 0.